The van der Waals surface area contributed by atoms with Gasteiger partial charge in [0, 0.05) is 25.2 Å². The summed E-state index contributed by atoms with van der Waals surface area (Å²) in [6.07, 6.45) is 1.02. The normalized spacial score (nSPS) is 14.8. The monoisotopic (exact) mass is 297 g/mol. The van der Waals surface area contributed by atoms with Gasteiger partial charge in [-0.3, -0.25) is 4.90 Å². The van der Waals surface area contributed by atoms with Gasteiger partial charge in [-0.05, 0) is 31.0 Å². The predicted molar refractivity (Wildman–Crippen MR) is 88.5 cm³/mol. The minimum absolute atomic E-state index is 0.754. The highest BCUT2D eigenvalue weighted by Gasteiger charge is 2.14. The highest BCUT2D eigenvalue weighted by Crippen LogP contribution is 2.22. The fourth-order valence-electron chi connectivity index (χ4n) is 2.76. The van der Waals surface area contributed by atoms with Crippen LogP contribution in [0.15, 0.2) is 48.5 Å². The van der Waals surface area contributed by atoms with Crippen LogP contribution in [0.3, 0.4) is 0 Å². The summed E-state index contributed by atoms with van der Waals surface area (Å²) in [5.41, 5.74) is 2.47. The molecule has 3 rings (SSSR count). The van der Waals surface area contributed by atoms with Gasteiger partial charge in [-0.15, -0.1) is 0 Å². The van der Waals surface area contributed by atoms with E-state index in [9.17, 15) is 0 Å². The first-order valence-corrected chi connectivity index (χ1v) is 7.94. The summed E-state index contributed by atoms with van der Waals surface area (Å²) in [7, 11) is 0. The standard InChI is InChI=1S/C19H23NO2/c1-16-7-2-4-9-18(16)21-13-6-11-20-12-14-22-19-10-5-3-8-17(19)15-20/h2-5,7-10H,6,11-15H2,1H3. The van der Waals surface area contributed by atoms with E-state index in [0.717, 1.165) is 50.8 Å². The van der Waals surface area contributed by atoms with Crippen LogP contribution in [0.1, 0.15) is 17.5 Å². The number of aryl methyl sites for hydroxylation is 1. The van der Waals surface area contributed by atoms with Crippen LogP contribution in [-0.4, -0.2) is 31.2 Å². The Morgan fingerprint density at radius 1 is 1.09 bits per heavy atom. The molecule has 0 saturated carbocycles. The molecule has 0 amide bonds. The third-order valence-corrected chi connectivity index (χ3v) is 4.00. The van der Waals surface area contributed by atoms with Crippen molar-refractivity contribution in [2.24, 2.45) is 0 Å². The molecule has 22 heavy (non-hydrogen) atoms. The molecule has 2 aromatic carbocycles. The van der Waals surface area contributed by atoms with E-state index in [4.69, 9.17) is 9.47 Å². The van der Waals surface area contributed by atoms with E-state index in [2.05, 4.69) is 36.1 Å². The molecule has 1 aliphatic heterocycles. The van der Waals surface area contributed by atoms with Crippen molar-refractivity contribution in [2.75, 3.05) is 26.3 Å². The van der Waals surface area contributed by atoms with E-state index in [1.807, 2.05) is 24.3 Å². The molecular formula is C19H23NO2. The van der Waals surface area contributed by atoms with Crippen molar-refractivity contribution in [3.05, 3.63) is 59.7 Å². The Morgan fingerprint density at radius 3 is 2.82 bits per heavy atom. The molecule has 116 valence electrons. The number of benzene rings is 2. The maximum absolute atomic E-state index is 5.87. The Kier molecular flexibility index (Phi) is 4.96. The van der Waals surface area contributed by atoms with E-state index in [1.54, 1.807) is 0 Å². The quantitative estimate of drug-likeness (QED) is 0.786. The lowest BCUT2D eigenvalue weighted by Crippen LogP contribution is -2.27. The number of nitrogens with zero attached hydrogens (tertiary/aromatic N) is 1. The van der Waals surface area contributed by atoms with Gasteiger partial charge in [0.05, 0.1) is 6.61 Å². The third-order valence-electron chi connectivity index (χ3n) is 4.00. The number of hydrogen-bond acceptors (Lipinski definition) is 3. The van der Waals surface area contributed by atoms with Crippen molar-refractivity contribution < 1.29 is 9.47 Å². The highest BCUT2D eigenvalue weighted by atomic mass is 16.5. The third kappa shape index (κ3) is 3.80. The maximum Gasteiger partial charge on any atom is 0.123 e. The molecule has 2 aromatic rings. The summed E-state index contributed by atoms with van der Waals surface area (Å²) in [4.78, 5) is 2.44. The van der Waals surface area contributed by atoms with Gasteiger partial charge in [0.25, 0.3) is 0 Å². The second-order valence-corrected chi connectivity index (χ2v) is 5.70. The number of fused-ring (bicyclic) bond motifs is 1. The molecule has 3 heteroatoms. The second kappa shape index (κ2) is 7.32. The van der Waals surface area contributed by atoms with Crippen LogP contribution < -0.4 is 9.47 Å². The summed E-state index contributed by atoms with van der Waals surface area (Å²) < 4.78 is 11.7. The number of hydrogen-bond donors (Lipinski definition) is 0. The van der Waals surface area contributed by atoms with Crippen LogP contribution in [-0.2, 0) is 6.54 Å². The summed E-state index contributed by atoms with van der Waals surface area (Å²) in [5, 5.41) is 0. The van der Waals surface area contributed by atoms with Gasteiger partial charge >= 0.3 is 0 Å². The maximum atomic E-state index is 5.87. The average molecular weight is 297 g/mol. The number of rotatable bonds is 5. The van der Waals surface area contributed by atoms with Gasteiger partial charge in [0.1, 0.15) is 18.1 Å². The largest absolute Gasteiger partial charge is 0.493 e. The molecule has 0 atom stereocenters. The lowest BCUT2D eigenvalue weighted by atomic mass is 10.2. The molecule has 1 aliphatic rings. The first-order valence-electron chi connectivity index (χ1n) is 7.94. The van der Waals surface area contributed by atoms with Gasteiger partial charge in [0.15, 0.2) is 0 Å². The average Bonchev–Trinajstić information content (AvgIpc) is 2.75. The Labute approximate surface area is 132 Å². The van der Waals surface area contributed by atoms with Crippen molar-refractivity contribution in [3.63, 3.8) is 0 Å². The van der Waals surface area contributed by atoms with Crippen molar-refractivity contribution in [3.8, 4) is 11.5 Å². The minimum atomic E-state index is 0.754. The summed E-state index contributed by atoms with van der Waals surface area (Å²) in [6, 6.07) is 16.5. The molecule has 0 aromatic heterocycles. The molecule has 0 saturated heterocycles. The Balaban J connectivity index is 1.47. The van der Waals surface area contributed by atoms with Crippen LogP contribution in [0, 0.1) is 6.92 Å². The van der Waals surface area contributed by atoms with Crippen LogP contribution >= 0.6 is 0 Å². The van der Waals surface area contributed by atoms with Crippen molar-refractivity contribution >= 4 is 0 Å². The SMILES string of the molecule is Cc1ccccc1OCCCN1CCOc2ccccc2C1. The lowest BCUT2D eigenvalue weighted by molar-refractivity contribution is 0.206. The zero-order chi connectivity index (χ0) is 15.2. The molecule has 3 nitrogen and oxygen atoms in total. The van der Waals surface area contributed by atoms with Crippen LogP contribution in [0.2, 0.25) is 0 Å². The van der Waals surface area contributed by atoms with Crippen LogP contribution in [0.25, 0.3) is 0 Å². The minimum Gasteiger partial charge on any atom is -0.493 e. The Morgan fingerprint density at radius 2 is 1.91 bits per heavy atom. The van der Waals surface area contributed by atoms with E-state index in [1.165, 1.54) is 11.1 Å². The van der Waals surface area contributed by atoms with Crippen molar-refractivity contribution in [1.82, 2.24) is 4.90 Å². The summed E-state index contributed by atoms with van der Waals surface area (Å²) in [5.74, 6) is 2.02. The zero-order valence-electron chi connectivity index (χ0n) is 13.1. The smallest absolute Gasteiger partial charge is 0.123 e. The number of ether oxygens (including phenoxy) is 2. The van der Waals surface area contributed by atoms with Crippen molar-refractivity contribution in [1.29, 1.82) is 0 Å². The Hall–Kier alpha value is -2.00. The first-order chi connectivity index (χ1) is 10.8. The summed E-state index contributed by atoms with van der Waals surface area (Å²) in [6.45, 7) is 6.56. The van der Waals surface area contributed by atoms with Crippen LogP contribution in [0.5, 0.6) is 11.5 Å². The zero-order valence-corrected chi connectivity index (χ0v) is 13.1. The van der Waals surface area contributed by atoms with E-state index >= 15 is 0 Å². The van der Waals surface area contributed by atoms with Gasteiger partial charge in [-0.1, -0.05) is 36.4 Å². The van der Waals surface area contributed by atoms with Gasteiger partial charge in [-0.25, -0.2) is 0 Å². The molecule has 0 N–H and O–H groups in total. The molecule has 0 radical (unpaired) electrons. The molecule has 0 aliphatic carbocycles. The topological polar surface area (TPSA) is 21.7 Å². The van der Waals surface area contributed by atoms with E-state index < -0.39 is 0 Å². The summed E-state index contributed by atoms with van der Waals surface area (Å²) >= 11 is 0. The second-order valence-electron chi connectivity index (χ2n) is 5.70. The molecule has 0 unspecified atom stereocenters. The first kappa shape index (κ1) is 14.9. The molecule has 0 fully saturated rings. The molecule has 0 spiro atoms. The number of para-hydroxylation sites is 2. The van der Waals surface area contributed by atoms with Crippen molar-refractivity contribution in [2.45, 2.75) is 19.9 Å². The Bertz CT molecular complexity index is 612. The predicted octanol–water partition coefficient (Wildman–Crippen LogP) is 3.66. The lowest BCUT2D eigenvalue weighted by Gasteiger charge is -2.19. The highest BCUT2D eigenvalue weighted by molar-refractivity contribution is 5.34. The molecule has 1 heterocycles. The molecule has 0 bridgehead atoms. The van der Waals surface area contributed by atoms with E-state index in [-0.39, 0.29) is 0 Å². The van der Waals surface area contributed by atoms with Gasteiger partial charge < -0.3 is 9.47 Å². The fraction of sp³-hybridized carbons (Fsp3) is 0.368. The van der Waals surface area contributed by atoms with Crippen LogP contribution in [0.4, 0.5) is 0 Å². The molecular weight excluding hydrogens is 274 g/mol. The fourth-order valence-corrected chi connectivity index (χ4v) is 2.76. The van der Waals surface area contributed by atoms with Gasteiger partial charge in [-0.2, -0.15) is 0 Å². The van der Waals surface area contributed by atoms with Gasteiger partial charge in [0.2, 0.25) is 0 Å². The van der Waals surface area contributed by atoms with E-state index in [0.29, 0.717) is 0 Å².